The van der Waals surface area contributed by atoms with E-state index in [4.69, 9.17) is 0 Å². The number of carbonyl (C=O) groups is 1. The standard InChI is InChI=1S/C11H16BrNO2S/c1-6-4-9(16-10(6)12)11(15)13-7(2)5-8(3)14/h4,7-8,14H,5H2,1-3H3,(H,13,15). The summed E-state index contributed by atoms with van der Waals surface area (Å²) in [4.78, 5) is 12.5. The lowest BCUT2D eigenvalue weighted by Crippen LogP contribution is -2.34. The van der Waals surface area contributed by atoms with Crippen molar-refractivity contribution in [3.05, 3.63) is 20.3 Å². The first-order chi connectivity index (χ1) is 7.40. The van der Waals surface area contributed by atoms with E-state index in [-0.39, 0.29) is 11.9 Å². The summed E-state index contributed by atoms with van der Waals surface area (Å²) in [5, 5.41) is 12.1. The molecule has 0 bridgehead atoms. The molecule has 1 heterocycles. The Hall–Kier alpha value is -0.390. The number of rotatable bonds is 4. The number of hydrogen-bond donors (Lipinski definition) is 2. The fraction of sp³-hybridized carbons (Fsp3) is 0.545. The van der Waals surface area contributed by atoms with Gasteiger partial charge in [-0.3, -0.25) is 4.79 Å². The second-order valence-electron chi connectivity index (χ2n) is 4.03. The smallest absolute Gasteiger partial charge is 0.261 e. The molecule has 0 saturated heterocycles. The summed E-state index contributed by atoms with van der Waals surface area (Å²) in [7, 11) is 0. The van der Waals surface area contributed by atoms with Gasteiger partial charge < -0.3 is 10.4 Å². The predicted molar refractivity (Wildman–Crippen MR) is 70.0 cm³/mol. The van der Waals surface area contributed by atoms with Crippen LogP contribution in [-0.2, 0) is 0 Å². The Balaban J connectivity index is 2.58. The second-order valence-corrected chi connectivity index (χ2v) is 6.40. The first-order valence-corrected chi connectivity index (χ1v) is 6.76. The second kappa shape index (κ2) is 5.80. The van der Waals surface area contributed by atoms with Crippen molar-refractivity contribution in [2.24, 2.45) is 0 Å². The zero-order valence-electron chi connectivity index (χ0n) is 9.58. The summed E-state index contributed by atoms with van der Waals surface area (Å²) in [6.45, 7) is 5.56. The van der Waals surface area contributed by atoms with Gasteiger partial charge in [0, 0.05) is 6.04 Å². The van der Waals surface area contributed by atoms with E-state index in [2.05, 4.69) is 21.2 Å². The molecule has 0 aliphatic heterocycles. The van der Waals surface area contributed by atoms with Crippen molar-refractivity contribution < 1.29 is 9.90 Å². The zero-order chi connectivity index (χ0) is 12.3. The highest BCUT2D eigenvalue weighted by atomic mass is 79.9. The van der Waals surface area contributed by atoms with Crippen LogP contribution in [0.1, 0.15) is 35.5 Å². The Bertz CT molecular complexity index is 357. The lowest BCUT2D eigenvalue weighted by molar-refractivity contribution is 0.0927. The van der Waals surface area contributed by atoms with Crippen molar-refractivity contribution in [3.63, 3.8) is 0 Å². The summed E-state index contributed by atoms with van der Waals surface area (Å²) in [6, 6.07) is 1.84. The Kier molecular flexibility index (Phi) is 4.95. The number of aliphatic hydroxyl groups excluding tert-OH is 1. The van der Waals surface area contributed by atoms with Gasteiger partial charge in [0.05, 0.1) is 14.8 Å². The van der Waals surface area contributed by atoms with Crippen LogP contribution in [0.4, 0.5) is 0 Å². The van der Waals surface area contributed by atoms with E-state index in [0.717, 1.165) is 9.35 Å². The van der Waals surface area contributed by atoms with Gasteiger partial charge in [-0.2, -0.15) is 0 Å². The molecule has 0 radical (unpaired) electrons. The lowest BCUT2D eigenvalue weighted by Gasteiger charge is -2.14. The minimum atomic E-state index is -0.396. The van der Waals surface area contributed by atoms with Gasteiger partial charge in [0.15, 0.2) is 0 Å². The third kappa shape index (κ3) is 3.88. The largest absolute Gasteiger partial charge is 0.393 e. The molecular weight excluding hydrogens is 290 g/mol. The van der Waals surface area contributed by atoms with Gasteiger partial charge in [0.25, 0.3) is 5.91 Å². The zero-order valence-corrected chi connectivity index (χ0v) is 12.0. The van der Waals surface area contributed by atoms with Crippen LogP contribution < -0.4 is 5.32 Å². The predicted octanol–water partition coefficient (Wildman–Crippen LogP) is 2.71. The average Bonchev–Trinajstić information content (AvgIpc) is 2.45. The first-order valence-electron chi connectivity index (χ1n) is 5.15. The van der Waals surface area contributed by atoms with E-state index >= 15 is 0 Å². The van der Waals surface area contributed by atoms with Gasteiger partial charge in [-0.15, -0.1) is 11.3 Å². The van der Waals surface area contributed by atoms with Crippen LogP contribution in [0.2, 0.25) is 0 Å². The summed E-state index contributed by atoms with van der Waals surface area (Å²) in [6.07, 6.45) is 0.171. The quantitative estimate of drug-likeness (QED) is 0.898. The number of hydrogen-bond acceptors (Lipinski definition) is 3. The van der Waals surface area contributed by atoms with Crippen molar-refractivity contribution in [1.82, 2.24) is 5.32 Å². The highest BCUT2D eigenvalue weighted by molar-refractivity contribution is 9.11. The molecule has 0 aliphatic carbocycles. The van der Waals surface area contributed by atoms with Crippen LogP contribution >= 0.6 is 27.3 Å². The van der Waals surface area contributed by atoms with Crippen molar-refractivity contribution in [2.45, 2.75) is 39.3 Å². The molecule has 3 nitrogen and oxygen atoms in total. The van der Waals surface area contributed by atoms with Crippen LogP contribution in [0.3, 0.4) is 0 Å². The summed E-state index contributed by atoms with van der Waals surface area (Å²) in [5.41, 5.74) is 1.07. The molecule has 0 aromatic carbocycles. The highest BCUT2D eigenvalue weighted by Crippen LogP contribution is 2.27. The van der Waals surface area contributed by atoms with Crippen LogP contribution in [0.15, 0.2) is 9.85 Å². The fourth-order valence-corrected chi connectivity index (χ4v) is 2.88. The van der Waals surface area contributed by atoms with Crippen molar-refractivity contribution in [2.75, 3.05) is 0 Å². The van der Waals surface area contributed by atoms with Gasteiger partial charge in [0.2, 0.25) is 0 Å². The van der Waals surface area contributed by atoms with Gasteiger partial charge >= 0.3 is 0 Å². The molecule has 0 saturated carbocycles. The van der Waals surface area contributed by atoms with Gasteiger partial charge in [-0.25, -0.2) is 0 Å². The first kappa shape index (κ1) is 13.7. The van der Waals surface area contributed by atoms with Crippen LogP contribution in [-0.4, -0.2) is 23.2 Å². The molecule has 5 heteroatoms. The molecule has 2 N–H and O–H groups in total. The van der Waals surface area contributed by atoms with Gasteiger partial charge in [-0.05, 0) is 54.8 Å². The molecule has 2 unspecified atom stereocenters. The van der Waals surface area contributed by atoms with Crippen LogP contribution in [0.25, 0.3) is 0 Å². The van der Waals surface area contributed by atoms with Crippen LogP contribution in [0, 0.1) is 6.92 Å². The number of carbonyl (C=O) groups excluding carboxylic acids is 1. The van der Waals surface area contributed by atoms with E-state index in [9.17, 15) is 9.90 Å². The molecule has 1 rings (SSSR count). The molecule has 2 atom stereocenters. The number of halogens is 1. The maximum atomic E-state index is 11.8. The van der Waals surface area contributed by atoms with E-state index in [1.54, 1.807) is 6.92 Å². The Morgan fingerprint density at radius 2 is 2.25 bits per heavy atom. The summed E-state index contributed by atoms with van der Waals surface area (Å²) in [5.74, 6) is -0.0769. The molecule has 0 spiro atoms. The fourth-order valence-electron chi connectivity index (χ4n) is 1.44. The van der Waals surface area contributed by atoms with E-state index in [1.807, 2.05) is 19.9 Å². The van der Waals surface area contributed by atoms with Crippen molar-refractivity contribution in [1.29, 1.82) is 0 Å². The summed E-state index contributed by atoms with van der Waals surface area (Å²) >= 11 is 4.81. The molecule has 1 aromatic rings. The summed E-state index contributed by atoms with van der Waals surface area (Å²) < 4.78 is 0.987. The maximum absolute atomic E-state index is 11.8. The maximum Gasteiger partial charge on any atom is 0.261 e. The number of amides is 1. The molecule has 16 heavy (non-hydrogen) atoms. The van der Waals surface area contributed by atoms with E-state index < -0.39 is 6.10 Å². The Morgan fingerprint density at radius 3 is 2.69 bits per heavy atom. The monoisotopic (exact) mass is 305 g/mol. The number of aliphatic hydroxyl groups is 1. The topological polar surface area (TPSA) is 49.3 Å². The van der Waals surface area contributed by atoms with Gasteiger partial charge in [-0.1, -0.05) is 0 Å². The van der Waals surface area contributed by atoms with E-state index in [1.165, 1.54) is 11.3 Å². The molecule has 90 valence electrons. The lowest BCUT2D eigenvalue weighted by atomic mass is 10.1. The number of nitrogens with one attached hydrogen (secondary N) is 1. The molecule has 1 aromatic heterocycles. The third-order valence-electron chi connectivity index (χ3n) is 2.15. The van der Waals surface area contributed by atoms with Crippen LogP contribution in [0.5, 0.6) is 0 Å². The molecule has 0 fully saturated rings. The minimum absolute atomic E-state index is 0.0197. The molecular formula is C11H16BrNO2S. The SMILES string of the molecule is Cc1cc(C(=O)NC(C)CC(C)O)sc1Br. The normalized spacial score (nSPS) is 14.6. The van der Waals surface area contributed by atoms with Gasteiger partial charge in [0.1, 0.15) is 0 Å². The Labute approximate surface area is 108 Å². The number of thiophene rings is 1. The average molecular weight is 306 g/mol. The van der Waals surface area contributed by atoms with E-state index in [0.29, 0.717) is 11.3 Å². The highest BCUT2D eigenvalue weighted by Gasteiger charge is 2.14. The minimum Gasteiger partial charge on any atom is -0.393 e. The molecule has 0 aliphatic rings. The third-order valence-corrected chi connectivity index (χ3v) is 4.29. The number of aryl methyl sites for hydroxylation is 1. The van der Waals surface area contributed by atoms with Crippen molar-refractivity contribution in [3.8, 4) is 0 Å². The van der Waals surface area contributed by atoms with Crippen molar-refractivity contribution >= 4 is 33.2 Å². The molecule has 1 amide bonds. The Morgan fingerprint density at radius 1 is 1.62 bits per heavy atom.